The van der Waals surface area contributed by atoms with Gasteiger partial charge in [-0.15, -0.1) is 0 Å². The fraction of sp³-hybridized carbons (Fsp3) is 0.381. The van der Waals surface area contributed by atoms with Crippen LogP contribution in [0, 0.1) is 5.41 Å². The number of fused-ring (bicyclic) bond motifs is 1. The van der Waals surface area contributed by atoms with Crippen molar-refractivity contribution in [3.05, 3.63) is 57.8 Å². The summed E-state index contributed by atoms with van der Waals surface area (Å²) in [5.74, 6) is -0.633. The van der Waals surface area contributed by atoms with Crippen molar-refractivity contribution in [2.24, 2.45) is 5.73 Å². The molecule has 2 aromatic rings. The van der Waals surface area contributed by atoms with Crippen molar-refractivity contribution in [1.82, 2.24) is 14.9 Å². The molecule has 0 saturated carbocycles. The number of nitrogens with zero attached hydrogens (tertiary/aromatic N) is 2. The van der Waals surface area contributed by atoms with E-state index in [2.05, 4.69) is 15.6 Å². The van der Waals surface area contributed by atoms with Gasteiger partial charge in [0.05, 0.1) is 6.20 Å². The second-order valence-electron chi connectivity index (χ2n) is 7.62. The highest BCUT2D eigenvalue weighted by molar-refractivity contribution is 5.94. The molecule has 0 bridgehead atoms. The highest BCUT2D eigenvalue weighted by Gasteiger charge is 2.31. The lowest BCUT2D eigenvalue weighted by atomic mass is 10.1. The van der Waals surface area contributed by atoms with Gasteiger partial charge in [-0.25, -0.2) is 4.98 Å². The molecule has 164 valence electrons. The van der Waals surface area contributed by atoms with Gasteiger partial charge in [-0.05, 0) is 25.3 Å². The Bertz CT molecular complexity index is 1050. The summed E-state index contributed by atoms with van der Waals surface area (Å²) < 4.78 is 1.42. The van der Waals surface area contributed by atoms with Crippen LogP contribution in [-0.4, -0.2) is 38.4 Å². The molecule has 3 rings (SSSR count). The molecular weight excluding hydrogens is 400 g/mol. The lowest BCUT2D eigenvalue weighted by Crippen LogP contribution is -2.37. The standard InChI is InChI=1S/C21H26N6O4/c1-12(2-9-18(28)29)26-15-11-24-17-8-7-16(27(17)21(15)31)20(30)25-10-13-3-5-14(6-4-13)19(22)23/h3-6,11-12,16,26H,2,7-10H2,1H3,(H3,22,23)(H,25,30)(H,28,29)/t12?,16-/m0/s1. The van der Waals surface area contributed by atoms with Crippen molar-refractivity contribution in [2.45, 2.75) is 51.2 Å². The largest absolute Gasteiger partial charge is 0.481 e. The van der Waals surface area contributed by atoms with Crippen LogP contribution in [0.1, 0.15) is 49.2 Å². The Labute approximate surface area is 179 Å². The van der Waals surface area contributed by atoms with Gasteiger partial charge in [0.1, 0.15) is 23.4 Å². The van der Waals surface area contributed by atoms with Gasteiger partial charge >= 0.3 is 5.97 Å². The molecule has 1 aliphatic rings. The normalized spacial score (nSPS) is 15.7. The molecule has 1 aliphatic heterocycles. The van der Waals surface area contributed by atoms with E-state index in [1.807, 2.05) is 0 Å². The van der Waals surface area contributed by atoms with Crippen LogP contribution in [0.4, 0.5) is 5.69 Å². The smallest absolute Gasteiger partial charge is 0.303 e. The van der Waals surface area contributed by atoms with Crippen LogP contribution >= 0.6 is 0 Å². The molecule has 0 radical (unpaired) electrons. The SMILES string of the molecule is CC(CCC(=O)O)Nc1cnc2n(c1=O)[C@H](C(=O)NCc1ccc(C(=N)N)cc1)CC2. The van der Waals surface area contributed by atoms with E-state index in [0.717, 1.165) is 5.56 Å². The molecule has 1 amide bonds. The first-order chi connectivity index (χ1) is 14.8. The van der Waals surface area contributed by atoms with Gasteiger partial charge in [0.2, 0.25) is 5.91 Å². The van der Waals surface area contributed by atoms with E-state index < -0.39 is 12.0 Å². The van der Waals surface area contributed by atoms with Crippen LogP contribution in [0.25, 0.3) is 0 Å². The first kappa shape index (κ1) is 22.0. The van der Waals surface area contributed by atoms with Gasteiger partial charge in [0.25, 0.3) is 5.56 Å². The summed E-state index contributed by atoms with van der Waals surface area (Å²) in [4.78, 5) is 40.8. The van der Waals surface area contributed by atoms with Gasteiger partial charge < -0.3 is 21.5 Å². The fourth-order valence-corrected chi connectivity index (χ4v) is 3.54. The summed E-state index contributed by atoms with van der Waals surface area (Å²) in [7, 11) is 0. The molecule has 0 saturated heterocycles. The number of nitrogen functional groups attached to an aromatic ring is 1. The van der Waals surface area contributed by atoms with Crippen LogP contribution in [0.5, 0.6) is 0 Å². The van der Waals surface area contributed by atoms with Crippen molar-refractivity contribution in [3.63, 3.8) is 0 Å². The number of hydrogen-bond donors (Lipinski definition) is 5. The second kappa shape index (κ2) is 9.41. The number of benzene rings is 1. The molecule has 1 aromatic heterocycles. The summed E-state index contributed by atoms with van der Waals surface area (Å²) in [6.07, 6.45) is 2.81. The number of carboxylic acid groups (broad SMARTS) is 1. The molecule has 1 unspecified atom stereocenters. The molecule has 0 spiro atoms. The number of amides is 1. The molecule has 0 fully saturated rings. The quantitative estimate of drug-likeness (QED) is 0.295. The molecule has 10 heteroatoms. The molecule has 0 aliphatic carbocycles. The van der Waals surface area contributed by atoms with Gasteiger partial charge in [-0.2, -0.15) is 0 Å². The number of carbonyl (C=O) groups is 2. The molecule has 10 nitrogen and oxygen atoms in total. The predicted molar refractivity (Wildman–Crippen MR) is 115 cm³/mol. The highest BCUT2D eigenvalue weighted by atomic mass is 16.4. The van der Waals surface area contributed by atoms with E-state index in [0.29, 0.717) is 30.7 Å². The summed E-state index contributed by atoms with van der Waals surface area (Å²) >= 11 is 0. The third kappa shape index (κ3) is 5.27. The van der Waals surface area contributed by atoms with Crippen molar-refractivity contribution >= 4 is 23.4 Å². The number of carboxylic acids is 1. The van der Waals surface area contributed by atoms with Crippen molar-refractivity contribution in [2.75, 3.05) is 5.32 Å². The zero-order chi connectivity index (χ0) is 22.5. The van der Waals surface area contributed by atoms with Crippen LogP contribution in [0.15, 0.2) is 35.3 Å². The van der Waals surface area contributed by atoms with E-state index in [1.165, 1.54) is 10.8 Å². The van der Waals surface area contributed by atoms with E-state index in [-0.39, 0.29) is 42.0 Å². The number of hydrogen-bond acceptors (Lipinski definition) is 6. The number of nitrogens with one attached hydrogen (secondary N) is 3. The zero-order valence-electron chi connectivity index (χ0n) is 17.2. The maximum absolute atomic E-state index is 13.0. The van der Waals surface area contributed by atoms with Gasteiger partial charge in [0, 0.05) is 31.0 Å². The average Bonchev–Trinajstić information content (AvgIpc) is 3.18. The third-order valence-electron chi connectivity index (χ3n) is 5.25. The van der Waals surface area contributed by atoms with E-state index in [9.17, 15) is 14.4 Å². The molecule has 2 heterocycles. The lowest BCUT2D eigenvalue weighted by Gasteiger charge is -2.18. The summed E-state index contributed by atoms with van der Waals surface area (Å²) in [5.41, 5.74) is 6.82. The van der Waals surface area contributed by atoms with Gasteiger partial charge in [-0.3, -0.25) is 24.4 Å². The van der Waals surface area contributed by atoms with Crippen molar-refractivity contribution < 1.29 is 14.7 Å². The second-order valence-corrected chi connectivity index (χ2v) is 7.62. The van der Waals surface area contributed by atoms with Crippen molar-refractivity contribution in [1.29, 1.82) is 5.41 Å². The molecule has 2 atom stereocenters. The van der Waals surface area contributed by atoms with Gasteiger partial charge in [0.15, 0.2) is 0 Å². The Morgan fingerprint density at radius 2 is 2.06 bits per heavy atom. The predicted octanol–water partition coefficient (Wildman–Crippen LogP) is 0.996. The third-order valence-corrected chi connectivity index (χ3v) is 5.25. The van der Waals surface area contributed by atoms with E-state index >= 15 is 0 Å². The first-order valence-electron chi connectivity index (χ1n) is 10.1. The molecule has 31 heavy (non-hydrogen) atoms. The van der Waals surface area contributed by atoms with E-state index in [1.54, 1.807) is 31.2 Å². The number of nitrogens with two attached hydrogens (primary N) is 1. The number of aliphatic carboxylic acids is 1. The monoisotopic (exact) mass is 426 g/mol. The highest BCUT2D eigenvalue weighted by Crippen LogP contribution is 2.23. The van der Waals surface area contributed by atoms with Gasteiger partial charge in [-0.1, -0.05) is 24.3 Å². The number of aromatic nitrogens is 2. The Morgan fingerprint density at radius 3 is 2.71 bits per heavy atom. The Balaban J connectivity index is 1.68. The molecular formula is C21H26N6O4. The Kier molecular flexibility index (Phi) is 6.68. The minimum Gasteiger partial charge on any atom is -0.481 e. The fourth-order valence-electron chi connectivity index (χ4n) is 3.54. The zero-order valence-corrected chi connectivity index (χ0v) is 17.2. The van der Waals surface area contributed by atoms with Crippen LogP contribution < -0.4 is 21.9 Å². The Morgan fingerprint density at radius 1 is 1.35 bits per heavy atom. The average molecular weight is 426 g/mol. The summed E-state index contributed by atoms with van der Waals surface area (Å²) in [6.45, 7) is 2.08. The lowest BCUT2D eigenvalue weighted by molar-refractivity contribution is -0.137. The minimum absolute atomic E-state index is 0.00764. The number of amidine groups is 1. The summed E-state index contributed by atoms with van der Waals surface area (Å²) in [6, 6.07) is 6.12. The maximum atomic E-state index is 13.0. The number of rotatable bonds is 9. The van der Waals surface area contributed by atoms with Crippen molar-refractivity contribution in [3.8, 4) is 0 Å². The van der Waals surface area contributed by atoms with Crippen LogP contribution in [-0.2, 0) is 22.6 Å². The summed E-state index contributed by atoms with van der Waals surface area (Å²) in [5, 5.41) is 22.1. The van der Waals surface area contributed by atoms with E-state index in [4.69, 9.17) is 16.2 Å². The number of aryl methyl sites for hydroxylation is 1. The van der Waals surface area contributed by atoms with Crippen LogP contribution in [0.3, 0.4) is 0 Å². The topological polar surface area (TPSA) is 163 Å². The molecule has 1 aromatic carbocycles. The van der Waals surface area contributed by atoms with Crippen LogP contribution in [0.2, 0.25) is 0 Å². The molecule has 6 N–H and O–H groups in total. The Hall–Kier alpha value is -3.69. The number of anilines is 1. The maximum Gasteiger partial charge on any atom is 0.303 e. The first-order valence-corrected chi connectivity index (χ1v) is 10.1. The number of carbonyl (C=O) groups excluding carboxylic acids is 1. The minimum atomic E-state index is -0.898.